The van der Waals surface area contributed by atoms with Crippen molar-refractivity contribution in [2.45, 2.75) is 18.9 Å². The minimum atomic E-state index is -2.91. The summed E-state index contributed by atoms with van der Waals surface area (Å²) in [5, 5.41) is 0. The quantitative estimate of drug-likeness (QED) is 0.847. The van der Waals surface area contributed by atoms with E-state index in [2.05, 4.69) is 4.98 Å². The minimum Gasteiger partial charge on any atom is -0.339 e. The number of fused-ring (bicyclic) bond motifs is 1. The van der Waals surface area contributed by atoms with Gasteiger partial charge in [-0.2, -0.15) is 0 Å². The molecule has 0 radical (unpaired) electrons. The topological polar surface area (TPSA) is 67.3 Å². The molecule has 7 heteroatoms. The molecule has 21 heavy (non-hydrogen) atoms. The van der Waals surface area contributed by atoms with Gasteiger partial charge in [0.1, 0.15) is 9.84 Å². The molecule has 2 aromatic rings. The third-order valence-electron chi connectivity index (χ3n) is 3.97. The summed E-state index contributed by atoms with van der Waals surface area (Å²) in [7, 11) is -1.15. The van der Waals surface area contributed by atoms with Crippen molar-refractivity contribution in [3.8, 4) is 0 Å². The fraction of sp³-hybridized carbons (Fsp3) is 0.429. The highest BCUT2D eigenvalue weighted by Crippen LogP contribution is 2.22. The molecule has 0 aliphatic carbocycles. The Morgan fingerprint density at radius 1 is 1.33 bits per heavy atom. The lowest BCUT2D eigenvalue weighted by Gasteiger charge is -2.31. The first-order chi connectivity index (χ1) is 9.96. The first-order valence-electron chi connectivity index (χ1n) is 6.77. The molecule has 1 aromatic heterocycles. The average Bonchev–Trinajstić information content (AvgIpc) is 2.93. The van der Waals surface area contributed by atoms with Crippen molar-refractivity contribution < 1.29 is 13.2 Å². The Hall–Kier alpha value is -1.47. The van der Waals surface area contributed by atoms with Gasteiger partial charge in [-0.25, -0.2) is 13.4 Å². The molecule has 1 aromatic carbocycles. The van der Waals surface area contributed by atoms with Gasteiger partial charge in [0.15, 0.2) is 0 Å². The molecule has 0 saturated carbocycles. The molecule has 3 rings (SSSR count). The molecule has 1 aliphatic rings. The van der Waals surface area contributed by atoms with E-state index < -0.39 is 9.84 Å². The van der Waals surface area contributed by atoms with Crippen LogP contribution in [0.15, 0.2) is 23.7 Å². The summed E-state index contributed by atoms with van der Waals surface area (Å²) < 4.78 is 23.9. The van der Waals surface area contributed by atoms with Crippen LogP contribution in [0.4, 0.5) is 0 Å². The van der Waals surface area contributed by atoms with Crippen LogP contribution < -0.4 is 0 Å². The summed E-state index contributed by atoms with van der Waals surface area (Å²) in [5.74, 6) is 0.279. The molecular weight excluding hydrogens is 308 g/mol. The normalized spacial score (nSPS) is 18.7. The first kappa shape index (κ1) is 14.5. The van der Waals surface area contributed by atoms with Crippen LogP contribution in [0, 0.1) is 0 Å². The number of hydrogen-bond donors (Lipinski definition) is 0. The standard InChI is InChI=1S/C14H16N2O3S2/c1-16(11-4-6-21(18,19)7-5-11)14(17)10-2-3-12-13(8-10)20-9-15-12/h2-3,8-9,11H,4-7H2,1H3. The molecule has 0 N–H and O–H groups in total. The van der Waals surface area contributed by atoms with Gasteiger partial charge in [-0.05, 0) is 31.0 Å². The number of sulfone groups is 1. The molecular formula is C14H16N2O3S2. The Kier molecular flexibility index (Phi) is 3.71. The summed E-state index contributed by atoms with van der Waals surface area (Å²) in [6, 6.07) is 5.47. The number of amides is 1. The van der Waals surface area contributed by atoms with Crippen molar-refractivity contribution >= 4 is 37.3 Å². The van der Waals surface area contributed by atoms with Gasteiger partial charge in [0.25, 0.3) is 5.91 Å². The highest BCUT2D eigenvalue weighted by atomic mass is 32.2. The molecule has 1 amide bonds. The summed E-state index contributed by atoms with van der Waals surface area (Å²) in [6.07, 6.45) is 1.04. The van der Waals surface area contributed by atoms with Crippen LogP contribution in [0.1, 0.15) is 23.2 Å². The van der Waals surface area contributed by atoms with Gasteiger partial charge in [0, 0.05) is 18.7 Å². The van der Waals surface area contributed by atoms with Crippen LogP contribution in [0.3, 0.4) is 0 Å². The molecule has 0 atom stereocenters. The van der Waals surface area contributed by atoms with Gasteiger partial charge in [-0.3, -0.25) is 4.79 Å². The SMILES string of the molecule is CN(C(=O)c1ccc2ncsc2c1)C1CCS(=O)(=O)CC1. The molecule has 112 valence electrons. The average molecular weight is 324 g/mol. The van der Waals surface area contributed by atoms with E-state index in [0.717, 1.165) is 10.2 Å². The third kappa shape index (κ3) is 2.94. The fourth-order valence-electron chi connectivity index (χ4n) is 2.62. The lowest BCUT2D eigenvalue weighted by Crippen LogP contribution is -2.42. The number of hydrogen-bond acceptors (Lipinski definition) is 5. The minimum absolute atomic E-state index is 0.00168. The van der Waals surface area contributed by atoms with E-state index in [4.69, 9.17) is 0 Å². The monoisotopic (exact) mass is 324 g/mol. The van der Waals surface area contributed by atoms with Gasteiger partial charge >= 0.3 is 0 Å². The van der Waals surface area contributed by atoms with Crippen molar-refractivity contribution in [1.29, 1.82) is 0 Å². The Balaban J connectivity index is 1.77. The Bertz CT molecular complexity index is 768. The molecule has 1 aliphatic heterocycles. The molecule has 0 bridgehead atoms. The first-order valence-corrected chi connectivity index (χ1v) is 9.47. The molecule has 0 unspecified atom stereocenters. The predicted octanol–water partition coefficient (Wildman–Crippen LogP) is 1.95. The largest absolute Gasteiger partial charge is 0.339 e. The predicted molar refractivity (Wildman–Crippen MR) is 83.4 cm³/mol. The van der Waals surface area contributed by atoms with Gasteiger partial charge in [0.2, 0.25) is 0 Å². The number of carbonyl (C=O) groups is 1. The number of benzene rings is 1. The van der Waals surface area contributed by atoms with Crippen molar-refractivity contribution in [2.24, 2.45) is 0 Å². The second-order valence-corrected chi connectivity index (χ2v) is 8.52. The van der Waals surface area contributed by atoms with Crippen molar-refractivity contribution in [2.75, 3.05) is 18.6 Å². The zero-order valence-corrected chi connectivity index (χ0v) is 13.3. The zero-order valence-electron chi connectivity index (χ0n) is 11.7. The smallest absolute Gasteiger partial charge is 0.253 e. The van der Waals surface area contributed by atoms with E-state index >= 15 is 0 Å². The molecule has 1 fully saturated rings. The Labute approximate surface area is 127 Å². The molecule has 1 saturated heterocycles. The van der Waals surface area contributed by atoms with Gasteiger partial charge in [-0.15, -0.1) is 11.3 Å². The number of nitrogens with zero attached hydrogens (tertiary/aromatic N) is 2. The summed E-state index contributed by atoms with van der Waals surface area (Å²) >= 11 is 1.50. The van der Waals surface area contributed by atoms with E-state index in [1.54, 1.807) is 23.5 Å². The van der Waals surface area contributed by atoms with Crippen molar-refractivity contribution in [1.82, 2.24) is 9.88 Å². The second-order valence-electron chi connectivity index (χ2n) is 5.33. The van der Waals surface area contributed by atoms with E-state index in [0.29, 0.717) is 18.4 Å². The van der Waals surface area contributed by atoms with E-state index in [-0.39, 0.29) is 23.5 Å². The van der Waals surface area contributed by atoms with Gasteiger partial charge < -0.3 is 4.90 Å². The maximum absolute atomic E-state index is 12.5. The summed E-state index contributed by atoms with van der Waals surface area (Å²) in [5.41, 5.74) is 3.28. The summed E-state index contributed by atoms with van der Waals surface area (Å²) in [4.78, 5) is 18.4. The van der Waals surface area contributed by atoms with Crippen molar-refractivity contribution in [3.05, 3.63) is 29.3 Å². The number of rotatable bonds is 2. The Morgan fingerprint density at radius 2 is 2.05 bits per heavy atom. The highest BCUT2D eigenvalue weighted by molar-refractivity contribution is 7.91. The maximum Gasteiger partial charge on any atom is 0.253 e. The van der Waals surface area contributed by atoms with Crippen LogP contribution in [0.2, 0.25) is 0 Å². The van der Waals surface area contributed by atoms with Gasteiger partial charge in [-0.1, -0.05) is 0 Å². The number of aromatic nitrogens is 1. The number of thiazole rings is 1. The molecule has 5 nitrogen and oxygen atoms in total. The van der Waals surface area contributed by atoms with Crippen LogP contribution in [0.5, 0.6) is 0 Å². The highest BCUT2D eigenvalue weighted by Gasteiger charge is 2.29. The van der Waals surface area contributed by atoms with E-state index in [9.17, 15) is 13.2 Å². The molecule has 2 heterocycles. The second kappa shape index (κ2) is 5.38. The Morgan fingerprint density at radius 3 is 2.76 bits per heavy atom. The van der Waals surface area contributed by atoms with E-state index in [1.807, 2.05) is 12.1 Å². The number of carbonyl (C=O) groups excluding carboxylic acids is 1. The molecule has 0 spiro atoms. The lowest BCUT2D eigenvalue weighted by molar-refractivity contribution is 0.0722. The summed E-state index contributed by atoms with van der Waals surface area (Å²) in [6.45, 7) is 0. The lowest BCUT2D eigenvalue weighted by atomic mass is 10.1. The van der Waals surface area contributed by atoms with Crippen LogP contribution in [0.25, 0.3) is 10.2 Å². The van der Waals surface area contributed by atoms with Crippen LogP contribution >= 0.6 is 11.3 Å². The zero-order chi connectivity index (χ0) is 15.0. The van der Waals surface area contributed by atoms with Crippen LogP contribution in [-0.2, 0) is 9.84 Å². The van der Waals surface area contributed by atoms with Gasteiger partial charge in [0.05, 0.1) is 27.2 Å². The third-order valence-corrected chi connectivity index (χ3v) is 6.48. The maximum atomic E-state index is 12.5. The fourth-order valence-corrected chi connectivity index (χ4v) is 4.81. The van der Waals surface area contributed by atoms with Crippen molar-refractivity contribution in [3.63, 3.8) is 0 Å². The van der Waals surface area contributed by atoms with Crippen LogP contribution in [-0.4, -0.2) is 48.8 Å². The van der Waals surface area contributed by atoms with E-state index in [1.165, 1.54) is 11.3 Å².